The van der Waals surface area contributed by atoms with Crippen molar-refractivity contribution in [1.29, 1.82) is 0 Å². The molecule has 2 amide bonds. The van der Waals surface area contributed by atoms with E-state index >= 15 is 0 Å². The minimum absolute atomic E-state index is 0.186. The van der Waals surface area contributed by atoms with E-state index in [4.69, 9.17) is 4.74 Å². The van der Waals surface area contributed by atoms with Crippen molar-refractivity contribution >= 4 is 28.9 Å². The van der Waals surface area contributed by atoms with E-state index in [-0.39, 0.29) is 18.2 Å². The molecule has 0 aliphatic carbocycles. The summed E-state index contributed by atoms with van der Waals surface area (Å²) >= 11 is 0. The van der Waals surface area contributed by atoms with Crippen LogP contribution in [0.2, 0.25) is 0 Å². The molecule has 2 heterocycles. The van der Waals surface area contributed by atoms with Gasteiger partial charge in [0.1, 0.15) is 0 Å². The summed E-state index contributed by atoms with van der Waals surface area (Å²) in [7, 11) is 0. The number of azo groups is 1. The number of nitrogens with one attached hydrogen (secondary N) is 1. The largest absolute Gasteiger partial charge is 0.379 e. The zero-order valence-corrected chi connectivity index (χ0v) is 17.4. The number of amides is 2. The number of ether oxygens (including phenoxy) is 1. The van der Waals surface area contributed by atoms with E-state index in [9.17, 15) is 9.59 Å². The summed E-state index contributed by atoms with van der Waals surface area (Å²) in [6, 6.07) is 16.0. The lowest BCUT2D eigenvalue weighted by molar-refractivity contribution is -0.121. The van der Waals surface area contributed by atoms with Crippen molar-refractivity contribution in [2.75, 3.05) is 44.3 Å². The molecule has 2 aliphatic rings. The third kappa shape index (κ3) is 5.61. The molecule has 1 atom stereocenters. The van der Waals surface area contributed by atoms with Gasteiger partial charge in [0, 0.05) is 13.1 Å². The fourth-order valence-corrected chi connectivity index (χ4v) is 3.74. The summed E-state index contributed by atoms with van der Waals surface area (Å²) in [6.45, 7) is 5.14. The maximum Gasteiger partial charge on any atom is 0.251 e. The normalized spacial score (nSPS) is 20.1. The SMILES string of the molecule is O=C1C[C@@H](NCCCN2CCOCC2)C(=O)N1c1ccc(N=Nc2ccccc2)cc1. The fourth-order valence-electron chi connectivity index (χ4n) is 3.74. The van der Waals surface area contributed by atoms with Gasteiger partial charge in [-0.2, -0.15) is 10.2 Å². The summed E-state index contributed by atoms with van der Waals surface area (Å²) in [5, 5.41) is 11.6. The van der Waals surface area contributed by atoms with Crippen LogP contribution in [0.5, 0.6) is 0 Å². The van der Waals surface area contributed by atoms with Gasteiger partial charge >= 0.3 is 0 Å². The van der Waals surface area contributed by atoms with Gasteiger partial charge in [0.25, 0.3) is 5.91 Å². The van der Waals surface area contributed by atoms with Crippen LogP contribution in [0, 0.1) is 0 Å². The Morgan fingerprint density at radius 1 is 0.935 bits per heavy atom. The van der Waals surface area contributed by atoms with Gasteiger partial charge in [0.2, 0.25) is 5.91 Å². The minimum atomic E-state index is -0.463. The van der Waals surface area contributed by atoms with Crippen molar-refractivity contribution < 1.29 is 14.3 Å². The zero-order chi connectivity index (χ0) is 21.5. The lowest BCUT2D eigenvalue weighted by Crippen LogP contribution is -2.41. The molecule has 0 bridgehead atoms. The van der Waals surface area contributed by atoms with Crippen LogP contribution in [0.1, 0.15) is 12.8 Å². The van der Waals surface area contributed by atoms with Crippen molar-refractivity contribution in [3.05, 3.63) is 54.6 Å². The van der Waals surface area contributed by atoms with Crippen LogP contribution in [0.15, 0.2) is 64.8 Å². The van der Waals surface area contributed by atoms with Crippen molar-refractivity contribution in [3.63, 3.8) is 0 Å². The Balaban J connectivity index is 1.29. The topological polar surface area (TPSA) is 86.6 Å². The number of morpholine rings is 1. The molecule has 1 N–H and O–H groups in total. The number of imide groups is 1. The highest BCUT2D eigenvalue weighted by Gasteiger charge is 2.39. The Bertz CT molecular complexity index is 911. The molecule has 0 saturated carbocycles. The molecular formula is C23H27N5O3. The average molecular weight is 422 g/mol. The van der Waals surface area contributed by atoms with E-state index in [2.05, 4.69) is 20.4 Å². The highest BCUT2D eigenvalue weighted by atomic mass is 16.5. The average Bonchev–Trinajstić information content (AvgIpc) is 3.10. The summed E-state index contributed by atoms with van der Waals surface area (Å²) in [4.78, 5) is 28.9. The second kappa shape index (κ2) is 10.4. The molecule has 2 saturated heterocycles. The van der Waals surface area contributed by atoms with Crippen LogP contribution in [0.4, 0.5) is 17.1 Å². The Morgan fingerprint density at radius 2 is 1.61 bits per heavy atom. The van der Waals surface area contributed by atoms with Crippen LogP contribution in [-0.2, 0) is 14.3 Å². The van der Waals surface area contributed by atoms with Crippen LogP contribution in [0.25, 0.3) is 0 Å². The predicted molar refractivity (Wildman–Crippen MR) is 118 cm³/mol. The number of benzene rings is 2. The van der Waals surface area contributed by atoms with Gasteiger partial charge in [-0.05, 0) is 55.9 Å². The summed E-state index contributed by atoms with van der Waals surface area (Å²) in [5.41, 5.74) is 1.98. The number of carbonyl (C=O) groups is 2. The van der Waals surface area contributed by atoms with E-state index in [0.717, 1.165) is 45.0 Å². The molecule has 4 rings (SSSR count). The minimum Gasteiger partial charge on any atom is -0.379 e. The quantitative estimate of drug-likeness (QED) is 0.402. The Kier molecular flexibility index (Phi) is 7.14. The number of hydrogen-bond donors (Lipinski definition) is 1. The molecule has 2 fully saturated rings. The smallest absolute Gasteiger partial charge is 0.251 e. The first-order valence-electron chi connectivity index (χ1n) is 10.7. The van der Waals surface area contributed by atoms with Gasteiger partial charge in [0.05, 0.1) is 42.7 Å². The van der Waals surface area contributed by atoms with Gasteiger partial charge in [-0.25, -0.2) is 4.90 Å². The van der Waals surface area contributed by atoms with E-state index in [1.807, 2.05) is 30.3 Å². The molecular weight excluding hydrogens is 394 g/mol. The van der Waals surface area contributed by atoms with Crippen LogP contribution in [0.3, 0.4) is 0 Å². The maximum atomic E-state index is 12.8. The summed E-state index contributed by atoms with van der Waals surface area (Å²) < 4.78 is 5.35. The number of carbonyl (C=O) groups excluding carboxylic acids is 2. The third-order valence-corrected chi connectivity index (χ3v) is 5.44. The predicted octanol–water partition coefficient (Wildman–Crippen LogP) is 3.05. The first-order valence-corrected chi connectivity index (χ1v) is 10.7. The van der Waals surface area contributed by atoms with Crippen molar-refractivity contribution in [1.82, 2.24) is 10.2 Å². The van der Waals surface area contributed by atoms with Gasteiger partial charge in [-0.3, -0.25) is 14.5 Å². The van der Waals surface area contributed by atoms with Crippen LogP contribution in [-0.4, -0.2) is 62.1 Å². The van der Waals surface area contributed by atoms with E-state index in [1.165, 1.54) is 4.90 Å². The number of nitrogens with zero attached hydrogens (tertiary/aromatic N) is 4. The summed E-state index contributed by atoms with van der Waals surface area (Å²) in [5.74, 6) is -0.385. The van der Waals surface area contributed by atoms with Gasteiger partial charge in [-0.1, -0.05) is 18.2 Å². The molecule has 0 unspecified atom stereocenters. The van der Waals surface area contributed by atoms with E-state index in [0.29, 0.717) is 17.9 Å². The molecule has 2 aliphatic heterocycles. The number of anilines is 1. The first kappa shape index (κ1) is 21.3. The monoisotopic (exact) mass is 421 g/mol. The van der Waals surface area contributed by atoms with Gasteiger partial charge in [0.15, 0.2) is 0 Å². The molecule has 8 nitrogen and oxygen atoms in total. The molecule has 8 heteroatoms. The fraction of sp³-hybridized carbons (Fsp3) is 0.391. The third-order valence-electron chi connectivity index (χ3n) is 5.44. The van der Waals surface area contributed by atoms with Crippen molar-refractivity contribution in [3.8, 4) is 0 Å². The Labute approximate surface area is 181 Å². The van der Waals surface area contributed by atoms with Crippen molar-refractivity contribution in [2.45, 2.75) is 18.9 Å². The summed E-state index contributed by atoms with van der Waals surface area (Å²) in [6.07, 6.45) is 1.12. The molecule has 2 aromatic rings. The highest BCUT2D eigenvalue weighted by Crippen LogP contribution is 2.26. The molecule has 0 spiro atoms. The lowest BCUT2D eigenvalue weighted by atomic mass is 10.2. The van der Waals surface area contributed by atoms with Crippen molar-refractivity contribution in [2.24, 2.45) is 10.2 Å². The molecule has 0 aromatic heterocycles. The van der Waals surface area contributed by atoms with E-state index < -0.39 is 6.04 Å². The van der Waals surface area contributed by atoms with E-state index in [1.54, 1.807) is 24.3 Å². The van der Waals surface area contributed by atoms with Gasteiger partial charge < -0.3 is 10.1 Å². The molecule has 162 valence electrons. The standard InChI is InChI=1S/C23H27N5O3/c29-22-17-21(24-11-4-12-27-13-15-31-16-14-27)23(30)28(22)20-9-7-19(8-10-20)26-25-18-5-2-1-3-6-18/h1-3,5-10,21,24H,4,11-17H2/t21-/m1/s1. The number of rotatable bonds is 8. The molecule has 0 radical (unpaired) electrons. The highest BCUT2D eigenvalue weighted by molar-refractivity contribution is 6.22. The van der Waals surface area contributed by atoms with Gasteiger partial charge in [-0.15, -0.1) is 0 Å². The molecule has 2 aromatic carbocycles. The zero-order valence-electron chi connectivity index (χ0n) is 17.4. The Hall–Kier alpha value is -2.94. The first-order chi connectivity index (χ1) is 15.2. The second-order valence-electron chi connectivity index (χ2n) is 7.64. The van der Waals surface area contributed by atoms with Crippen LogP contribution >= 0.6 is 0 Å². The lowest BCUT2D eigenvalue weighted by Gasteiger charge is -2.26. The molecule has 31 heavy (non-hydrogen) atoms. The maximum absolute atomic E-state index is 12.8. The second-order valence-corrected chi connectivity index (χ2v) is 7.64. The Morgan fingerprint density at radius 3 is 2.32 bits per heavy atom. The number of hydrogen-bond acceptors (Lipinski definition) is 7. The van der Waals surface area contributed by atoms with Crippen LogP contribution < -0.4 is 10.2 Å².